The average Bonchev–Trinajstić information content (AvgIpc) is 3.39. The average molecular weight is 366 g/mol. The fourth-order valence-corrected chi connectivity index (χ4v) is 3.35. The van der Waals surface area contributed by atoms with E-state index in [1.54, 1.807) is 7.11 Å². The lowest BCUT2D eigenvalue weighted by atomic mass is 10.1. The molecule has 0 fully saturated rings. The number of nitrogens with zero attached hydrogens (tertiary/aromatic N) is 1. The van der Waals surface area contributed by atoms with Crippen molar-refractivity contribution in [2.24, 2.45) is 0 Å². The quantitative estimate of drug-likeness (QED) is 0.414. The first kappa shape index (κ1) is 16.4. The van der Waals surface area contributed by atoms with E-state index in [1.807, 2.05) is 84.9 Å². The predicted octanol–water partition coefficient (Wildman–Crippen LogP) is 6.17. The van der Waals surface area contributed by atoms with Crippen molar-refractivity contribution >= 4 is 11.0 Å². The van der Waals surface area contributed by atoms with E-state index < -0.39 is 0 Å². The molecular formula is C24H18N2O2. The number of para-hydroxylation sites is 2. The molecule has 2 heterocycles. The molecule has 4 nitrogen and oxygen atoms in total. The Morgan fingerprint density at radius 1 is 0.821 bits per heavy atom. The molecule has 0 saturated heterocycles. The Morgan fingerprint density at radius 2 is 1.57 bits per heavy atom. The van der Waals surface area contributed by atoms with Crippen LogP contribution in [0.4, 0.5) is 0 Å². The zero-order chi connectivity index (χ0) is 18.9. The number of ether oxygens (including phenoxy) is 1. The lowest BCUT2D eigenvalue weighted by molar-refractivity contribution is 0.415. The minimum absolute atomic E-state index is 0.778. The van der Waals surface area contributed by atoms with Crippen LogP contribution in [0.1, 0.15) is 0 Å². The van der Waals surface area contributed by atoms with E-state index >= 15 is 0 Å². The molecule has 0 aliphatic heterocycles. The molecule has 3 aromatic carbocycles. The van der Waals surface area contributed by atoms with Crippen LogP contribution in [0.3, 0.4) is 0 Å². The van der Waals surface area contributed by atoms with Crippen molar-refractivity contribution in [1.82, 2.24) is 9.97 Å². The lowest BCUT2D eigenvalue weighted by Crippen LogP contribution is -1.84. The van der Waals surface area contributed by atoms with Gasteiger partial charge in [-0.3, -0.25) is 0 Å². The van der Waals surface area contributed by atoms with Gasteiger partial charge in [0, 0.05) is 11.1 Å². The van der Waals surface area contributed by atoms with Crippen LogP contribution < -0.4 is 4.74 Å². The Morgan fingerprint density at radius 3 is 2.32 bits per heavy atom. The monoisotopic (exact) mass is 366 g/mol. The van der Waals surface area contributed by atoms with Gasteiger partial charge in [-0.2, -0.15) is 0 Å². The van der Waals surface area contributed by atoms with E-state index in [9.17, 15) is 0 Å². The molecule has 0 spiro atoms. The minimum atomic E-state index is 0.778. The molecule has 5 aromatic rings. The highest BCUT2D eigenvalue weighted by Gasteiger charge is 2.19. The summed E-state index contributed by atoms with van der Waals surface area (Å²) in [4.78, 5) is 8.18. The third-order valence-electron chi connectivity index (χ3n) is 4.79. The third kappa shape index (κ3) is 2.85. The maximum absolute atomic E-state index is 6.31. The van der Waals surface area contributed by atoms with Gasteiger partial charge in [-0.05, 0) is 42.5 Å². The number of fused-ring (bicyclic) bond motifs is 1. The van der Waals surface area contributed by atoms with Crippen LogP contribution in [0.5, 0.6) is 5.75 Å². The zero-order valence-corrected chi connectivity index (χ0v) is 15.3. The summed E-state index contributed by atoms with van der Waals surface area (Å²) in [5.74, 6) is 3.18. The van der Waals surface area contributed by atoms with Gasteiger partial charge >= 0.3 is 0 Å². The minimum Gasteiger partial charge on any atom is -0.497 e. The van der Waals surface area contributed by atoms with Gasteiger partial charge in [-0.15, -0.1) is 0 Å². The molecule has 0 aliphatic rings. The summed E-state index contributed by atoms with van der Waals surface area (Å²) >= 11 is 0. The van der Waals surface area contributed by atoms with Gasteiger partial charge in [0.05, 0.1) is 23.7 Å². The molecule has 1 N–H and O–H groups in total. The first-order chi connectivity index (χ1) is 13.8. The molecule has 5 rings (SSSR count). The van der Waals surface area contributed by atoms with Crippen LogP contribution in [-0.4, -0.2) is 17.1 Å². The zero-order valence-electron chi connectivity index (χ0n) is 15.3. The smallest absolute Gasteiger partial charge is 0.145 e. The van der Waals surface area contributed by atoms with Gasteiger partial charge in [-0.25, -0.2) is 4.98 Å². The summed E-state index contributed by atoms with van der Waals surface area (Å²) in [6.07, 6.45) is 0. The van der Waals surface area contributed by atoms with Crippen LogP contribution in [0.25, 0.3) is 45.1 Å². The predicted molar refractivity (Wildman–Crippen MR) is 111 cm³/mol. The second-order valence-corrected chi connectivity index (χ2v) is 6.55. The Bertz CT molecular complexity index is 1200. The van der Waals surface area contributed by atoms with Crippen LogP contribution in [0, 0.1) is 0 Å². The van der Waals surface area contributed by atoms with Crippen LogP contribution in [-0.2, 0) is 0 Å². The Kier molecular flexibility index (Phi) is 3.95. The summed E-state index contributed by atoms with van der Waals surface area (Å²) in [5, 5.41) is 0. The number of hydrogen-bond donors (Lipinski definition) is 1. The SMILES string of the molecule is COc1ccc(-c2oc(-c3ccccc3)cc2-c2nc3ccccc3[nH]2)cc1. The number of benzene rings is 3. The van der Waals surface area contributed by atoms with Crippen LogP contribution in [0.15, 0.2) is 89.3 Å². The number of H-pyrrole nitrogens is 1. The second kappa shape index (κ2) is 6.74. The van der Waals surface area contributed by atoms with Crippen molar-refractivity contribution in [1.29, 1.82) is 0 Å². The maximum Gasteiger partial charge on any atom is 0.145 e. The van der Waals surface area contributed by atoms with Gasteiger partial charge in [-0.1, -0.05) is 42.5 Å². The number of aromatic amines is 1. The second-order valence-electron chi connectivity index (χ2n) is 6.55. The lowest BCUT2D eigenvalue weighted by Gasteiger charge is -2.03. The van der Waals surface area contributed by atoms with E-state index in [0.29, 0.717) is 0 Å². The molecule has 2 aromatic heterocycles. The summed E-state index contributed by atoms with van der Waals surface area (Å²) in [6, 6.07) is 28.0. The van der Waals surface area contributed by atoms with Crippen molar-refractivity contribution < 1.29 is 9.15 Å². The number of hydrogen-bond acceptors (Lipinski definition) is 3. The molecule has 0 atom stereocenters. The molecule has 0 unspecified atom stereocenters. The van der Waals surface area contributed by atoms with Gasteiger partial charge in [0.15, 0.2) is 0 Å². The largest absolute Gasteiger partial charge is 0.497 e. The number of methoxy groups -OCH3 is 1. The number of rotatable bonds is 4. The number of imidazole rings is 1. The van der Waals surface area contributed by atoms with Gasteiger partial charge < -0.3 is 14.1 Å². The van der Waals surface area contributed by atoms with E-state index in [1.165, 1.54) is 0 Å². The summed E-state index contributed by atoms with van der Waals surface area (Å²) in [6.45, 7) is 0. The molecule has 0 aliphatic carbocycles. The van der Waals surface area contributed by atoms with Crippen LogP contribution in [0.2, 0.25) is 0 Å². The first-order valence-electron chi connectivity index (χ1n) is 9.10. The van der Waals surface area contributed by atoms with Crippen LogP contribution >= 0.6 is 0 Å². The fraction of sp³-hybridized carbons (Fsp3) is 0.0417. The van der Waals surface area contributed by atoms with E-state index in [-0.39, 0.29) is 0 Å². The van der Waals surface area contributed by atoms with E-state index in [0.717, 1.165) is 50.8 Å². The number of aromatic nitrogens is 2. The van der Waals surface area contributed by atoms with E-state index in [4.69, 9.17) is 14.1 Å². The maximum atomic E-state index is 6.31. The van der Waals surface area contributed by atoms with Crippen molar-refractivity contribution in [3.05, 3.63) is 84.9 Å². The topological polar surface area (TPSA) is 51.1 Å². The van der Waals surface area contributed by atoms with Crippen molar-refractivity contribution in [2.75, 3.05) is 7.11 Å². The summed E-state index contributed by atoms with van der Waals surface area (Å²) in [5.41, 5.74) is 4.86. The van der Waals surface area contributed by atoms with Gasteiger partial charge in [0.25, 0.3) is 0 Å². The Hall–Kier alpha value is -3.79. The highest BCUT2D eigenvalue weighted by Crippen LogP contribution is 2.38. The standard InChI is InChI=1S/C24H18N2O2/c1-27-18-13-11-17(12-14-18)23-19(15-22(28-23)16-7-3-2-4-8-16)24-25-20-9-5-6-10-21(20)26-24/h2-15H,1H3,(H,25,26). The summed E-state index contributed by atoms with van der Waals surface area (Å²) in [7, 11) is 1.66. The molecule has 0 bridgehead atoms. The number of furan rings is 1. The molecular weight excluding hydrogens is 348 g/mol. The highest BCUT2D eigenvalue weighted by atomic mass is 16.5. The Balaban J connectivity index is 1.70. The molecule has 0 radical (unpaired) electrons. The van der Waals surface area contributed by atoms with Crippen molar-refractivity contribution in [2.45, 2.75) is 0 Å². The molecule has 0 saturated carbocycles. The molecule has 0 amide bonds. The van der Waals surface area contributed by atoms with Crippen molar-refractivity contribution in [3.63, 3.8) is 0 Å². The molecule has 4 heteroatoms. The van der Waals surface area contributed by atoms with E-state index in [2.05, 4.69) is 4.98 Å². The Labute approximate surface area is 162 Å². The molecule has 136 valence electrons. The summed E-state index contributed by atoms with van der Waals surface area (Å²) < 4.78 is 11.6. The fourth-order valence-electron chi connectivity index (χ4n) is 3.35. The third-order valence-corrected chi connectivity index (χ3v) is 4.79. The van der Waals surface area contributed by atoms with Crippen molar-refractivity contribution in [3.8, 4) is 39.8 Å². The van der Waals surface area contributed by atoms with Gasteiger partial charge in [0.2, 0.25) is 0 Å². The number of nitrogens with one attached hydrogen (secondary N) is 1. The normalized spacial score (nSPS) is 11.0. The highest BCUT2D eigenvalue weighted by molar-refractivity contribution is 5.86. The molecule has 28 heavy (non-hydrogen) atoms. The van der Waals surface area contributed by atoms with Gasteiger partial charge in [0.1, 0.15) is 23.1 Å². The first-order valence-corrected chi connectivity index (χ1v) is 9.10.